The molecule has 0 saturated heterocycles. The highest BCUT2D eigenvalue weighted by molar-refractivity contribution is 5.71. The molecule has 6 heteroatoms. The van der Waals surface area contributed by atoms with Crippen molar-refractivity contribution in [1.29, 1.82) is 0 Å². The van der Waals surface area contributed by atoms with Gasteiger partial charge >= 0.3 is 17.9 Å². The molecule has 0 amide bonds. The van der Waals surface area contributed by atoms with Crippen LogP contribution in [-0.2, 0) is 28.6 Å². The summed E-state index contributed by atoms with van der Waals surface area (Å²) in [6.45, 7) is 6.39. The Balaban J connectivity index is 4.49. The fourth-order valence-electron chi connectivity index (χ4n) is 7.16. The molecule has 1 unspecified atom stereocenters. The number of hydrogen-bond acceptors (Lipinski definition) is 6. The molecule has 0 heterocycles. The summed E-state index contributed by atoms with van der Waals surface area (Å²) in [5.41, 5.74) is 0. The predicted molar refractivity (Wildman–Crippen MR) is 279 cm³/mol. The average molecular weight is 903 g/mol. The van der Waals surface area contributed by atoms with E-state index in [0.29, 0.717) is 19.3 Å². The molecule has 0 aliphatic rings. The minimum absolute atomic E-state index is 0.115. The second-order valence-corrected chi connectivity index (χ2v) is 17.5. The van der Waals surface area contributed by atoms with Crippen LogP contribution in [-0.4, -0.2) is 37.2 Å². The Kier molecular flexibility index (Phi) is 50.0. The van der Waals surface area contributed by atoms with Crippen molar-refractivity contribution >= 4 is 17.9 Å². The van der Waals surface area contributed by atoms with Crippen LogP contribution in [0, 0.1) is 0 Å². The molecule has 1 atom stereocenters. The number of ether oxygens (including phenoxy) is 3. The van der Waals surface area contributed by atoms with Gasteiger partial charge in [-0.2, -0.15) is 0 Å². The maximum Gasteiger partial charge on any atom is 0.306 e. The van der Waals surface area contributed by atoms with Crippen molar-refractivity contribution in [3.8, 4) is 0 Å². The van der Waals surface area contributed by atoms with Crippen molar-refractivity contribution in [2.45, 2.75) is 245 Å². The summed E-state index contributed by atoms with van der Waals surface area (Å²) in [4.78, 5) is 38.0. The van der Waals surface area contributed by atoms with Crippen molar-refractivity contribution in [2.24, 2.45) is 0 Å². The molecule has 6 nitrogen and oxygen atoms in total. The molecule has 0 N–H and O–H groups in total. The average Bonchev–Trinajstić information content (AvgIpc) is 3.30. The van der Waals surface area contributed by atoms with Gasteiger partial charge in [-0.3, -0.25) is 14.4 Å². The van der Waals surface area contributed by atoms with E-state index in [1.54, 1.807) is 0 Å². The molecule has 370 valence electrons. The van der Waals surface area contributed by atoms with Crippen LogP contribution in [0.4, 0.5) is 0 Å². The summed E-state index contributed by atoms with van der Waals surface area (Å²) in [5.74, 6) is -1.03. The standard InChI is InChI=1S/C59H98O6/c1-4-7-10-13-16-19-22-25-27-28-29-30-32-34-37-40-43-46-49-52-58(61)64-55-56(54-63-57(60)51-48-45-42-39-36-33-24-21-18-15-12-9-6-3)65-59(62)53-50-47-44-41-38-35-31-26-23-20-17-14-11-8-5-2/h8,11,14,17,20,23,26,28-29,31,33,35-36,38,42,45,56H,4-7,9-10,12-13,15-16,18-19,21-22,24-25,27,30,32,34,37,39-41,43-44,46-55H2,1-3H3/b11-8-,17-14-,23-20-,29-28-,31-26-,36-33-,38-35-,45-42-. The highest BCUT2D eigenvalue weighted by Crippen LogP contribution is 2.14. The third kappa shape index (κ3) is 51.2. The quantitative estimate of drug-likeness (QED) is 0.0199. The van der Waals surface area contributed by atoms with Gasteiger partial charge in [0.1, 0.15) is 13.2 Å². The van der Waals surface area contributed by atoms with E-state index in [9.17, 15) is 14.4 Å². The first-order valence-corrected chi connectivity index (χ1v) is 26.8. The second-order valence-electron chi connectivity index (χ2n) is 17.5. The van der Waals surface area contributed by atoms with Gasteiger partial charge in [-0.15, -0.1) is 0 Å². The summed E-state index contributed by atoms with van der Waals surface area (Å²) in [5, 5.41) is 0. The second kappa shape index (κ2) is 52.9. The van der Waals surface area contributed by atoms with Gasteiger partial charge in [-0.25, -0.2) is 0 Å². The number of allylic oxidation sites excluding steroid dienone is 16. The highest BCUT2D eigenvalue weighted by Gasteiger charge is 2.19. The number of carbonyl (C=O) groups is 3. The van der Waals surface area contributed by atoms with Gasteiger partial charge in [0.05, 0.1) is 0 Å². The first-order chi connectivity index (χ1) is 32.0. The Labute approximate surface area is 400 Å². The van der Waals surface area contributed by atoms with Gasteiger partial charge < -0.3 is 14.2 Å². The van der Waals surface area contributed by atoms with Crippen molar-refractivity contribution in [2.75, 3.05) is 13.2 Å². The van der Waals surface area contributed by atoms with Crippen LogP contribution in [0.25, 0.3) is 0 Å². The number of rotatable bonds is 47. The van der Waals surface area contributed by atoms with E-state index < -0.39 is 6.10 Å². The Morgan fingerprint density at radius 1 is 0.338 bits per heavy atom. The highest BCUT2D eigenvalue weighted by atomic mass is 16.6. The summed E-state index contributed by atoms with van der Waals surface area (Å²) >= 11 is 0. The van der Waals surface area contributed by atoms with E-state index in [0.717, 1.165) is 57.8 Å². The molecule has 0 saturated carbocycles. The van der Waals surface area contributed by atoms with Crippen molar-refractivity contribution in [1.82, 2.24) is 0 Å². The number of carbonyl (C=O) groups excluding carboxylic acids is 3. The molecule has 0 fully saturated rings. The fourth-order valence-corrected chi connectivity index (χ4v) is 7.16. The molecule has 65 heavy (non-hydrogen) atoms. The molecule has 0 aliphatic heterocycles. The van der Waals surface area contributed by atoms with E-state index in [1.165, 1.54) is 128 Å². The lowest BCUT2D eigenvalue weighted by Crippen LogP contribution is -2.30. The first kappa shape index (κ1) is 61.3. The van der Waals surface area contributed by atoms with E-state index in [4.69, 9.17) is 14.2 Å². The van der Waals surface area contributed by atoms with Gasteiger partial charge in [0.25, 0.3) is 0 Å². The summed E-state index contributed by atoms with van der Waals surface area (Å²) in [7, 11) is 0. The van der Waals surface area contributed by atoms with Crippen LogP contribution < -0.4 is 0 Å². The normalized spacial score (nSPS) is 12.8. The van der Waals surface area contributed by atoms with E-state index in [1.807, 2.05) is 54.7 Å². The topological polar surface area (TPSA) is 78.9 Å². The smallest absolute Gasteiger partial charge is 0.306 e. The molecule has 0 bridgehead atoms. The molecule has 0 rings (SSSR count). The Bertz CT molecular complexity index is 1310. The summed E-state index contributed by atoms with van der Waals surface area (Å²) in [6.07, 6.45) is 69.8. The van der Waals surface area contributed by atoms with Crippen LogP contribution in [0.1, 0.15) is 239 Å². The molecule has 0 radical (unpaired) electrons. The number of unbranched alkanes of at least 4 members (excludes halogenated alkanes) is 24. The van der Waals surface area contributed by atoms with E-state index >= 15 is 0 Å². The minimum Gasteiger partial charge on any atom is -0.462 e. The fraction of sp³-hybridized carbons (Fsp3) is 0.678. The lowest BCUT2D eigenvalue weighted by molar-refractivity contribution is -0.166. The molecule has 0 aromatic carbocycles. The first-order valence-electron chi connectivity index (χ1n) is 26.8. The zero-order valence-electron chi connectivity index (χ0n) is 42.2. The maximum atomic E-state index is 12.8. The van der Waals surface area contributed by atoms with Crippen LogP contribution in [0.15, 0.2) is 97.2 Å². The van der Waals surface area contributed by atoms with Crippen LogP contribution in [0.2, 0.25) is 0 Å². The predicted octanol–water partition coefficient (Wildman–Crippen LogP) is 17.8. The van der Waals surface area contributed by atoms with Gasteiger partial charge in [0.15, 0.2) is 6.10 Å². The molecule has 0 aliphatic carbocycles. The Morgan fingerprint density at radius 2 is 0.692 bits per heavy atom. The van der Waals surface area contributed by atoms with E-state index in [-0.39, 0.29) is 44.0 Å². The zero-order valence-corrected chi connectivity index (χ0v) is 42.2. The number of hydrogen-bond donors (Lipinski definition) is 0. The van der Waals surface area contributed by atoms with Gasteiger partial charge in [-0.05, 0) is 83.5 Å². The third-order valence-electron chi connectivity index (χ3n) is 11.2. The third-order valence-corrected chi connectivity index (χ3v) is 11.2. The molecular formula is C59H98O6. The maximum absolute atomic E-state index is 12.8. The minimum atomic E-state index is -0.824. The Hall–Kier alpha value is -3.67. The molecule has 0 aromatic rings. The lowest BCUT2D eigenvalue weighted by Gasteiger charge is -2.18. The van der Waals surface area contributed by atoms with Crippen LogP contribution >= 0.6 is 0 Å². The SMILES string of the molecule is CC\C=C/C=C\C=C/C=C\C=C/CCCCCC(=O)OC(COC(=O)CC/C=C\C/C=C\CCCCCCCC)COC(=O)CCCCCCCCC/C=C\CCCCCCCCCC. The lowest BCUT2D eigenvalue weighted by atomic mass is 10.1. The van der Waals surface area contributed by atoms with Crippen LogP contribution in [0.3, 0.4) is 0 Å². The summed E-state index contributed by atoms with van der Waals surface area (Å²) < 4.78 is 16.7. The van der Waals surface area contributed by atoms with Crippen molar-refractivity contribution in [3.63, 3.8) is 0 Å². The zero-order chi connectivity index (χ0) is 47.2. The molecular weight excluding hydrogens is 805 g/mol. The summed E-state index contributed by atoms with van der Waals surface area (Å²) in [6, 6.07) is 0. The van der Waals surface area contributed by atoms with Crippen molar-refractivity contribution in [3.05, 3.63) is 97.2 Å². The molecule has 0 aromatic heterocycles. The monoisotopic (exact) mass is 903 g/mol. The Morgan fingerprint density at radius 3 is 1.18 bits per heavy atom. The van der Waals surface area contributed by atoms with Gasteiger partial charge in [0.2, 0.25) is 0 Å². The largest absolute Gasteiger partial charge is 0.462 e. The number of esters is 3. The van der Waals surface area contributed by atoms with Crippen molar-refractivity contribution < 1.29 is 28.6 Å². The van der Waals surface area contributed by atoms with E-state index in [2.05, 4.69) is 63.3 Å². The van der Waals surface area contributed by atoms with Crippen LogP contribution in [0.5, 0.6) is 0 Å². The van der Waals surface area contributed by atoms with Gasteiger partial charge in [-0.1, -0.05) is 234 Å². The molecule has 0 spiro atoms. The van der Waals surface area contributed by atoms with Gasteiger partial charge in [0, 0.05) is 19.3 Å².